The largest absolute Gasteiger partial charge is 0.490 e. The summed E-state index contributed by atoms with van der Waals surface area (Å²) >= 11 is 0. The molecule has 2 heterocycles. The second-order valence-electron chi connectivity index (χ2n) is 7.66. The fraction of sp³-hybridized carbons (Fsp3) is 0.409. The van der Waals surface area contributed by atoms with Crippen LogP contribution in [0.5, 0.6) is 11.5 Å². The van der Waals surface area contributed by atoms with Crippen LogP contribution in [0.15, 0.2) is 48.5 Å². The lowest BCUT2D eigenvalue weighted by atomic mass is 9.99. The standard InChI is InChI=1S/C22H21F4NO3/c23-15-3-9-19(10-4-15)30-20-11-16-5-6-17(12-20)27(16)21(28)13-29-18-7-1-14(2-8-18)22(24,25)26/h1-4,7-10,16-17,20H,5-6,11-13H2. The highest BCUT2D eigenvalue weighted by molar-refractivity contribution is 5.79. The van der Waals surface area contributed by atoms with E-state index in [2.05, 4.69) is 0 Å². The fourth-order valence-electron chi connectivity index (χ4n) is 4.30. The molecule has 0 radical (unpaired) electrons. The average molecular weight is 423 g/mol. The molecule has 4 nitrogen and oxygen atoms in total. The second-order valence-corrected chi connectivity index (χ2v) is 7.66. The van der Waals surface area contributed by atoms with Crippen LogP contribution in [0, 0.1) is 5.82 Å². The molecule has 8 heteroatoms. The molecule has 0 aliphatic carbocycles. The molecule has 2 atom stereocenters. The predicted octanol–water partition coefficient (Wildman–Crippen LogP) is 4.82. The summed E-state index contributed by atoms with van der Waals surface area (Å²) in [6.07, 6.45) is -1.35. The van der Waals surface area contributed by atoms with Crippen molar-refractivity contribution in [2.75, 3.05) is 6.61 Å². The number of fused-ring (bicyclic) bond motifs is 2. The third kappa shape index (κ3) is 4.52. The number of amides is 1. The highest BCUT2D eigenvalue weighted by Gasteiger charge is 2.44. The first kappa shape index (κ1) is 20.5. The minimum atomic E-state index is -4.41. The Morgan fingerprint density at radius 1 is 0.933 bits per heavy atom. The van der Waals surface area contributed by atoms with Crippen LogP contribution in [0.1, 0.15) is 31.2 Å². The van der Waals surface area contributed by atoms with E-state index in [-0.39, 0.29) is 42.3 Å². The van der Waals surface area contributed by atoms with Gasteiger partial charge in [-0.25, -0.2) is 4.39 Å². The van der Waals surface area contributed by atoms with Gasteiger partial charge in [-0.3, -0.25) is 4.79 Å². The van der Waals surface area contributed by atoms with Gasteiger partial charge < -0.3 is 14.4 Å². The maximum Gasteiger partial charge on any atom is 0.416 e. The molecule has 2 fully saturated rings. The summed E-state index contributed by atoms with van der Waals surface area (Å²) in [5.74, 6) is 0.322. The van der Waals surface area contributed by atoms with E-state index in [1.165, 1.54) is 24.3 Å². The van der Waals surface area contributed by atoms with Gasteiger partial charge in [-0.1, -0.05) is 0 Å². The van der Waals surface area contributed by atoms with Crippen molar-refractivity contribution in [3.05, 3.63) is 59.9 Å². The summed E-state index contributed by atoms with van der Waals surface area (Å²) in [6, 6.07) is 10.3. The average Bonchev–Trinajstić information content (AvgIpc) is 2.98. The van der Waals surface area contributed by atoms with Gasteiger partial charge in [-0.05, 0) is 61.4 Å². The Bertz CT molecular complexity index is 869. The molecule has 0 spiro atoms. The smallest absolute Gasteiger partial charge is 0.416 e. The first-order valence-electron chi connectivity index (χ1n) is 9.83. The van der Waals surface area contributed by atoms with E-state index in [1.54, 1.807) is 12.1 Å². The van der Waals surface area contributed by atoms with Gasteiger partial charge in [0.25, 0.3) is 5.91 Å². The minimum Gasteiger partial charge on any atom is -0.490 e. The van der Waals surface area contributed by atoms with Crippen LogP contribution < -0.4 is 9.47 Å². The number of carbonyl (C=O) groups excluding carboxylic acids is 1. The summed E-state index contributed by atoms with van der Waals surface area (Å²) in [6.45, 7) is -0.220. The van der Waals surface area contributed by atoms with Crippen LogP contribution in [0.25, 0.3) is 0 Å². The normalized spacial score (nSPS) is 23.3. The maximum absolute atomic E-state index is 13.0. The predicted molar refractivity (Wildman–Crippen MR) is 101 cm³/mol. The van der Waals surface area contributed by atoms with E-state index in [0.29, 0.717) is 18.6 Å². The Labute approximate surface area is 171 Å². The van der Waals surface area contributed by atoms with Crippen molar-refractivity contribution in [1.82, 2.24) is 4.90 Å². The van der Waals surface area contributed by atoms with E-state index in [1.807, 2.05) is 4.90 Å². The molecule has 0 aromatic heterocycles. The summed E-state index contributed by atoms with van der Waals surface area (Å²) in [7, 11) is 0. The molecule has 1 amide bonds. The zero-order chi connectivity index (χ0) is 21.3. The Morgan fingerprint density at radius 2 is 1.50 bits per heavy atom. The molecule has 4 rings (SSSR count). The monoisotopic (exact) mass is 423 g/mol. The number of alkyl halides is 3. The van der Waals surface area contributed by atoms with Gasteiger partial charge in [0, 0.05) is 24.9 Å². The Morgan fingerprint density at radius 3 is 2.07 bits per heavy atom. The lowest BCUT2D eigenvalue weighted by Gasteiger charge is -2.38. The van der Waals surface area contributed by atoms with E-state index < -0.39 is 11.7 Å². The van der Waals surface area contributed by atoms with Crippen LogP contribution in [-0.4, -0.2) is 35.6 Å². The van der Waals surface area contributed by atoms with E-state index in [9.17, 15) is 22.4 Å². The summed E-state index contributed by atoms with van der Waals surface area (Å²) in [5, 5.41) is 0. The van der Waals surface area contributed by atoms with Gasteiger partial charge in [0.1, 0.15) is 23.4 Å². The molecule has 0 N–H and O–H groups in total. The molecule has 2 aliphatic rings. The SMILES string of the molecule is O=C(COc1ccc(C(F)(F)F)cc1)N1C2CCC1CC(Oc1ccc(F)cc1)C2. The molecule has 2 unspecified atom stereocenters. The van der Waals surface area contributed by atoms with Gasteiger partial charge in [0.05, 0.1) is 5.56 Å². The number of hydrogen-bond acceptors (Lipinski definition) is 3. The number of rotatable bonds is 5. The minimum absolute atomic E-state index is 0.0397. The van der Waals surface area contributed by atoms with Crippen molar-refractivity contribution in [2.24, 2.45) is 0 Å². The van der Waals surface area contributed by atoms with Crippen molar-refractivity contribution in [1.29, 1.82) is 0 Å². The van der Waals surface area contributed by atoms with Gasteiger partial charge in [0.15, 0.2) is 6.61 Å². The van der Waals surface area contributed by atoms with Crippen LogP contribution in [0.3, 0.4) is 0 Å². The summed E-state index contributed by atoms with van der Waals surface area (Å²) in [5.41, 5.74) is -0.762. The third-order valence-corrected chi connectivity index (χ3v) is 5.64. The molecule has 0 saturated carbocycles. The number of carbonyl (C=O) groups is 1. The Hall–Kier alpha value is -2.77. The van der Waals surface area contributed by atoms with Crippen molar-refractivity contribution >= 4 is 5.91 Å². The highest BCUT2D eigenvalue weighted by Crippen LogP contribution is 2.37. The van der Waals surface area contributed by atoms with Crippen molar-refractivity contribution in [3.8, 4) is 11.5 Å². The number of piperidine rings is 1. The van der Waals surface area contributed by atoms with E-state index in [4.69, 9.17) is 9.47 Å². The van der Waals surface area contributed by atoms with Crippen molar-refractivity contribution in [2.45, 2.75) is 50.0 Å². The molecule has 2 bridgehead atoms. The molecule has 2 aromatic carbocycles. The lowest BCUT2D eigenvalue weighted by Crippen LogP contribution is -2.50. The maximum atomic E-state index is 13.0. The summed E-state index contributed by atoms with van der Waals surface area (Å²) in [4.78, 5) is 14.5. The number of hydrogen-bond donors (Lipinski definition) is 0. The third-order valence-electron chi connectivity index (χ3n) is 5.64. The van der Waals surface area contributed by atoms with Crippen LogP contribution in [-0.2, 0) is 11.0 Å². The topological polar surface area (TPSA) is 38.8 Å². The Balaban J connectivity index is 1.32. The molecule has 2 aliphatic heterocycles. The molecule has 30 heavy (non-hydrogen) atoms. The summed E-state index contributed by atoms with van der Waals surface area (Å²) < 4.78 is 62.3. The first-order chi connectivity index (χ1) is 14.3. The number of halogens is 4. The zero-order valence-corrected chi connectivity index (χ0v) is 16.1. The quantitative estimate of drug-likeness (QED) is 0.647. The van der Waals surface area contributed by atoms with Gasteiger partial charge in [-0.15, -0.1) is 0 Å². The number of benzene rings is 2. The Kier molecular flexibility index (Phi) is 5.58. The van der Waals surface area contributed by atoms with E-state index in [0.717, 1.165) is 25.0 Å². The van der Waals surface area contributed by atoms with Crippen LogP contribution in [0.2, 0.25) is 0 Å². The number of nitrogens with zero attached hydrogens (tertiary/aromatic N) is 1. The van der Waals surface area contributed by atoms with E-state index >= 15 is 0 Å². The zero-order valence-electron chi connectivity index (χ0n) is 16.1. The van der Waals surface area contributed by atoms with Crippen LogP contribution in [0.4, 0.5) is 17.6 Å². The molecular formula is C22H21F4NO3. The molecule has 160 valence electrons. The highest BCUT2D eigenvalue weighted by atomic mass is 19.4. The second kappa shape index (κ2) is 8.16. The van der Waals surface area contributed by atoms with Crippen LogP contribution >= 0.6 is 0 Å². The molecular weight excluding hydrogens is 402 g/mol. The van der Waals surface area contributed by atoms with Gasteiger partial charge in [0.2, 0.25) is 0 Å². The lowest BCUT2D eigenvalue weighted by molar-refractivity contribution is -0.139. The van der Waals surface area contributed by atoms with Crippen molar-refractivity contribution < 1.29 is 31.8 Å². The van der Waals surface area contributed by atoms with Gasteiger partial charge >= 0.3 is 6.18 Å². The fourth-order valence-corrected chi connectivity index (χ4v) is 4.30. The number of ether oxygens (including phenoxy) is 2. The molecule has 2 saturated heterocycles. The van der Waals surface area contributed by atoms with Gasteiger partial charge in [-0.2, -0.15) is 13.2 Å². The van der Waals surface area contributed by atoms with Crippen molar-refractivity contribution in [3.63, 3.8) is 0 Å². The first-order valence-corrected chi connectivity index (χ1v) is 9.83. The molecule has 2 aromatic rings.